The average molecular weight is 235 g/mol. The number of nitrogens with one attached hydrogen (secondary N) is 2. The second-order valence-corrected chi connectivity index (χ2v) is 4.21. The SMILES string of the molecule is O=c1[nH]cnc2c([C@H]3CC[C@@H](CO)O3)c[nH]c12. The zero-order valence-corrected chi connectivity index (χ0v) is 9.14. The van der Waals surface area contributed by atoms with Gasteiger partial charge in [-0.2, -0.15) is 0 Å². The number of aromatic nitrogens is 3. The zero-order valence-electron chi connectivity index (χ0n) is 9.14. The van der Waals surface area contributed by atoms with E-state index < -0.39 is 0 Å². The fraction of sp³-hybridized carbons (Fsp3) is 0.455. The van der Waals surface area contributed by atoms with E-state index in [4.69, 9.17) is 9.84 Å². The van der Waals surface area contributed by atoms with Gasteiger partial charge in [0.1, 0.15) is 11.0 Å². The Morgan fingerprint density at radius 3 is 3.12 bits per heavy atom. The lowest BCUT2D eigenvalue weighted by atomic mass is 10.1. The number of aromatic amines is 2. The van der Waals surface area contributed by atoms with E-state index in [-0.39, 0.29) is 24.4 Å². The maximum Gasteiger partial charge on any atom is 0.275 e. The molecule has 0 amide bonds. The first kappa shape index (κ1) is 10.5. The van der Waals surface area contributed by atoms with Gasteiger partial charge in [-0.3, -0.25) is 4.79 Å². The molecule has 0 radical (unpaired) electrons. The van der Waals surface area contributed by atoms with Crippen LogP contribution in [0.3, 0.4) is 0 Å². The summed E-state index contributed by atoms with van der Waals surface area (Å²) in [7, 11) is 0. The van der Waals surface area contributed by atoms with E-state index in [1.165, 1.54) is 6.33 Å². The normalized spacial score (nSPS) is 24.5. The van der Waals surface area contributed by atoms with Crippen LogP contribution in [0.5, 0.6) is 0 Å². The topological polar surface area (TPSA) is 91.0 Å². The van der Waals surface area contributed by atoms with E-state index in [1.54, 1.807) is 6.20 Å². The molecule has 0 bridgehead atoms. The third-order valence-corrected chi connectivity index (χ3v) is 3.16. The molecule has 0 aliphatic carbocycles. The molecule has 0 spiro atoms. The zero-order chi connectivity index (χ0) is 11.8. The van der Waals surface area contributed by atoms with Crippen molar-refractivity contribution in [2.24, 2.45) is 0 Å². The Hall–Kier alpha value is -1.66. The number of fused-ring (bicyclic) bond motifs is 1. The average Bonchev–Trinajstić information content (AvgIpc) is 2.94. The summed E-state index contributed by atoms with van der Waals surface area (Å²) in [6, 6.07) is 0. The molecular weight excluding hydrogens is 222 g/mol. The van der Waals surface area contributed by atoms with Crippen molar-refractivity contribution in [2.75, 3.05) is 6.61 Å². The van der Waals surface area contributed by atoms with Gasteiger partial charge in [0.25, 0.3) is 5.56 Å². The van der Waals surface area contributed by atoms with Crippen LogP contribution in [0.25, 0.3) is 11.0 Å². The van der Waals surface area contributed by atoms with E-state index in [9.17, 15) is 4.79 Å². The molecule has 2 aromatic heterocycles. The number of ether oxygens (including phenoxy) is 1. The summed E-state index contributed by atoms with van der Waals surface area (Å²) < 4.78 is 5.68. The lowest BCUT2D eigenvalue weighted by molar-refractivity contribution is 0.0115. The van der Waals surface area contributed by atoms with E-state index in [0.29, 0.717) is 11.0 Å². The van der Waals surface area contributed by atoms with Gasteiger partial charge >= 0.3 is 0 Å². The fourth-order valence-electron chi connectivity index (χ4n) is 2.28. The Morgan fingerprint density at radius 2 is 2.35 bits per heavy atom. The summed E-state index contributed by atoms with van der Waals surface area (Å²) in [5, 5.41) is 9.04. The van der Waals surface area contributed by atoms with Crippen molar-refractivity contribution in [3.63, 3.8) is 0 Å². The van der Waals surface area contributed by atoms with Crippen LogP contribution in [0.2, 0.25) is 0 Å². The van der Waals surface area contributed by atoms with Crippen molar-refractivity contribution in [3.05, 3.63) is 28.4 Å². The van der Waals surface area contributed by atoms with E-state index >= 15 is 0 Å². The maximum absolute atomic E-state index is 11.5. The van der Waals surface area contributed by atoms with E-state index in [1.807, 2.05) is 0 Å². The molecule has 6 heteroatoms. The largest absolute Gasteiger partial charge is 0.394 e. The molecule has 2 aromatic rings. The molecule has 17 heavy (non-hydrogen) atoms. The van der Waals surface area contributed by atoms with Crippen molar-refractivity contribution in [1.82, 2.24) is 15.0 Å². The van der Waals surface area contributed by atoms with Crippen LogP contribution < -0.4 is 5.56 Å². The third kappa shape index (κ3) is 1.65. The molecule has 3 N–H and O–H groups in total. The van der Waals surface area contributed by atoms with Crippen LogP contribution in [0.1, 0.15) is 24.5 Å². The summed E-state index contributed by atoms with van der Waals surface area (Å²) in [4.78, 5) is 21.1. The quantitative estimate of drug-likeness (QED) is 0.705. The van der Waals surface area contributed by atoms with Gasteiger partial charge < -0.3 is 19.8 Å². The van der Waals surface area contributed by atoms with Gasteiger partial charge in [-0.05, 0) is 12.8 Å². The molecule has 0 aromatic carbocycles. The number of rotatable bonds is 2. The fourth-order valence-corrected chi connectivity index (χ4v) is 2.28. The lowest BCUT2D eigenvalue weighted by Crippen LogP contribution is -2.11. The predicted octanol–water partition coefficient (Wildman–Crippen LogP) is 0.464. The molecule has 3 rings (SSSR count). The first-order chi connectivity index (χ1) is 8.29. The smallest absolute Gasteiger partial charge is 0.275 e. The van der Waals surface area contributed by atoms with Crippen LogP contribution in [0.4, 0.5) is 0 Å². The minimum Gasteiger partial charge on any atom is -0.394 e. The number of nitrogens with zero attached hydrogens (tertiary/aromatic N) is 1. The summed E-state index contributed by atoms with van der Waals surface area (Å²) in [6.45, 7) is 0.0346. The van der Waals surface area contributed by atoms with Crippen LogP contribution in [0, 0.1) is 0 Å². The van der Waals surface area contributed by atoms with E-state index in [0.717, 1.165) is 18.4 Å². The summed E-state index contributed by atoms with van der Waals surface area (Å²) in [5.74, 6) is 0. The van der Waals surface area contributed by atoms with Gasteiger partial charge in [0.15, 0.2) is 0 Å². The monoisotopic (exact) mass is 235 g/mol. The lowest BCUT2D eigenvalue weighted by Gasteiger charge is -2.10. The number of H-pyrrole nitrogens is 2. The molecule has 1 fully saturated rings. The van der Waals surface area contributed by atoms with Gasteiger partial charge in [0.2, 0.25) is 0 Å². The first-order valence-electron chi connectivity index (χ1n) is 5.60. The van der Waals surface area contributed by atoms with Gasteiger partial charge in [0.05, 0.1) is 25.1 Å². The molecule has 3 heterocycles. The highest BCUT2D eigenvalue weighted by Crippen LogP contribution is 2.34. The summed E-state index contributed by atoms with van der Waals surface area (Å²) in [6.07, 6.45) is 4.63. The van der Waals surface area contributed by atoms with Crippen molar-refractivity contribution < 1.29 is 9.84 Å². The van der Waals surface area contributed by atoms with Crippen LogP contribution in [-0.2, 0) is 4.74 Å². The standard InChI is InChI=1S/C11H13N3O3/c15-4-6-1-2-8(17-6)7-3-12-10-9(7)13-5-14-11(10)16/h3,5-6,8,12,15H,1-2,4H2,(H,13,14,16)/t6-,8+/m0/s1. The molecule has 1 aliphatic rings. The van der Waals surface area contributed by atoms with Gasteiger partial charge in [0, 0.05) is 11.8 Å². The van der Waals surface area contributed by atoms with Gasteiger partial charge in [-0.25, -0.2) is 4.98 Å². The molecule has 0 saturated carbocycles. The molecule has 6 nitrogen and oxygen atoms in total. The number of hydrogen-bond acceptors (Lipinski definition) is 4. The van der Waals surface area contributed by atoms with Crippen LogP contribution >= 0.6 is 0 Å². The number of aliphatic hydroxyl groups is 1. The highest BCUT2D eigenvalue weighted by molar-refractivity contribution is 5.78. The summed E-state index contributed by atoms with van der Waals surface area (Å²) in [5.41, 5.74) is 1.83. The third-order valence-electron chi connectivity index (χ3n) is 3.16. The Kier molecular flexibility index (Phi) is 2.45. The second-order valence-electron chi connectivity index (χ2n) is 4.21. The Bertz CT molecular complexity index is 589. The van der Waals surface area contributed by atoms with Crippen LogP contribution in [-0.4, -0.2) is 32.8 Å². The van der Waals surface area contributed by atoms with Crippen molar-refractivity contribution in [3.8, 4) is 0 Å². The molecule has 0 unspecified atom stereocenters. The predicted molar refractivity (Wildman–Crippen MR) is 60.6 cm³/mol. The number of hydrogen-bond donors (Lipinski definition) is 3. The second kappa shape index (κ2) is 3.97. The van der Waals surface area contributed by atoms with E-state index in [2.05, 4.69) is 15.0 Å². The Labute approximate surface area is 96.6 Å². The number of aliphatic hydroxyl groups excluding tert-OH is 1. The highest BCUT2D eigenvalue weighted by atomic mass is 16.5. The van der Waals surface area contributed by atoms with Gasteiger partial charge in [-0.1, -0.05) is 0 Å². The molecule has 1 saturated heterocycles. The molecule has 1 aliphatic heterocycles. The van der Waals surface area contributed by atoms with Gasteiger partial charge in [-0.15, -0.1) is 0 Å². The Balaban J connectivity index is 2.02. The van der Waals surface area contributed by atoms with Crippen molar-refractivity contribution >= 4 is 11.0 Å². The Morgan fingerprint density at radius 1 is 1.47 bits per heavy atom. The van der Waals surface area contributed by atoms with Crippen molar-refractivity contribution in [1.29, 1.82) is 0 Å². The minimum atomic E-state index is -0.182. The highest BCUT2D eigenvalue weighted by Gasteiger charge is 2.28. The van der Waals surface area contributed by atoms with Crippen molar-refractivity contribution in [2.45, 2.75) is 25.0 Å². The molecule has 2 atom stereocenters. The minimum absolute atomic E-state index is 0.0346. The van der Waals surface area contributed by atoms with Crippen LogP contribution in [0.15, 0.2) is 17.3 Å². The molecular formula is C11H13N3O3. The molecule has 90 valence electrons. The maximum atomic E-state index is 11.5. The first-order valence-corrected chi connectivity index (χ1v) is 5.60. The summed E-state index contributed by atoms with van der Waals surface area (Å²) >= 11 is 0.